The molecule has 8 nitrogen and oxygen atoms in total. The van der Waals surface area contributed by atoms with E-state index in [2.05, 4.69) is 20.0 Å². The maximum absolute atomic E-state index is 10.4. The first-order valence-corrected chi connectivity index (χ1v) is 7.82. The zero-order valence-corrected chi connectivity index (χ0v) is 14.4. The molecule has 0 atom stereocenters. The molecule has 1 aromatic carbocycles. The molecule has 0 amide bonds. The van der Waals surface area contributed by atoms with Crippen molar-refractivity contribution in [2.75, 3.05) is 32.6 Å². The molecule has 1 heterocycles. The van der Waals surface area contributed by atoms with Gasteiger partial charge in [0, 0.05) is 24.5 Å². The molecule has 0 aliphatic heterocycles. The first kappa shape index (κ1) is 19.2. The van der Waals surface area contributed by atoms with Crippen LogP contribution in [0.15, 0.2) is 18.5 Å². The number of methoxy groups -OCH3 is 2. The van der Waals surface area contributed by atoms with Crippen LogP contribution < -0.4 is 19.5 Å². The van der Waals surface area contributed by atoms with Crippen molar-refractivity contribution in [1.82, 2.24) is 14.7 Å². The van der Waals surface area contributed by atoms with E-state index in [-0.39, 0.29) is 12.4 Å². The molecule has 2 N–H and O–H groups in total. The van der Waals surface area contributed by atoms with E-state index in [9.17, 15) is 8.42 Å². The van der Waals surface area contributed by atoms with Gasteiger partial charge in [-0.25, -0.2) is 23.1 Å². The van der Waals surface area contributed by atoms with E-state index in [1.807, 2.05) is 6.07 Å². The lowest BCUT2D eigenvalue weighted by atomic mass is 10.2. The third-order valence-electron chi connectivity index (χ3n) is 3.03. The fourth-order valence-corrected chi connectivity index (χ4v) is 2.33. The van der Waals surface area contributed by atoms with Crippen molar-refractivity contribution in [2.24, 2.45) is 0 Å². The number of ether oxygens (including phenoxy) is 2. The molecule has 0 aliphatic rings. The monoisotopic (exact) mass is 362 g/mol. The summed E-state index contributed by atoms with van der Waals surface area (Å²) in [7, 11) is 0.587. The van der Waals surface area contributed by atoms with Crippen LogP contribution in [0.4, 0.5) is 5.82 Å². The number of anilines is 1. The summed E-state index contributed by atoms with van der Waals surface area (Å²) in [4.78, 5) is 8.43. The predicted octanol–water partition coefficient (Wildman–Crippen LogP) is 0.987. The van der Waals surface area contributed by atoms with Crippen LogP contribution >= 0.6 is 12.4 Å². The van der Waals surface area contributed by atoms with Gasteiger partial charge in [-0.3, -0.25) is 0 Å². The van der Waals surface area contributed by atoms with Crippen molar-refractivity contribution in [1.29, 1.82) is 0 Å². The van der Waals surface area contributed by atoms with Gasteiger partial charge in [-0.05, 0) is 12.5 Å². The Labute approximate surface area is 142 Å². The van der Waals surface area contributed by atoms with Crippen LogP contribution in [0.2, 0.25) is 0 Å². The summed E-state index contributed by atoms with van der Waals surface area (Å²) in [5, 5.41) is 3.97. The van der Waals surface area contributed by atoms with Gasteiger partial charge in [0.25, 0.3) is 0 Å². The van der Waals surface area contributed by atoms with Crippen molar-refractivity contribution < 1.29 is 17.9 Å². The highest BCUT2D eigenvalue weighted by Gasteiger charge is 2.10. The smallest absolute Gasteiger partial charge is 0.201 e. The highest BCUT2D eigenvalue weighted by molar-refractivity contribution is 7.70. The topological polar surface area (TPSA) is 102 Å². The van der Waals surface area contributed by atoms with Crippen LogP contribution in [0, 0.1) is 0 Å². The van der Waals surface area contributed by atoms with Gasteiger partial charge in [-0.2, -0.15) is 0 Å². The quantitative estimate of drug-likeness (QED) is 0.475. The number of nitrogens with one attached hydrogen (secondary N) is 2. The normalized spacial score (nSPS) is 10.4. The number of rotatable bonds is 8. The van der Waals surface area contributed by atoms with Gasteiger partial charge in [-0.15, -0.1) is 12.4 Å². The lowest BCUT2D eigenvalue weighted by molar-refractivity contribution is 0.356. The van der Waals surface area contributed by atoms with Crippen molar-refractivity contribution in [3.05, 3.63) is 18.5 Å². The minimum Gasteiger partial charge on any atom is -0.493 e. The molecule has 0 aliphatic carbocycles. The maximum atomic E-state index is 10.4. The molecule has 2 aromatic rings. The van der Waals surface area contributed by atoms with E-state index in [1.165, 1.54) is 6.33 Å². The van der Waals surface area contributed by atoms with E-state index < -0.39 is 10.9 Å². The van der Waals surface area contributed by atoms with Crippen molar-refractivity contribution in [3.63, 3.8) is 0 Å². The third-order valence-corrected chi connectivity index (χ3v) is 3.51. The van der Waals surface area contributed by atoms with Gasteiger partial charge in [0.1, 0.15) is 12.1 Å². The summed E-state index contributed by atoms with van der Waals surface area (Å²) in [5.41, 5.74) is 0.732. The molecule has 0 spiro atoms. The maximum Gasteiger partial charge on any atom is 0.201 e. The summed E-state index contributed by atoms with van der Waals surface area (Å²) in [6.45, 7) is 0.961. The Morgan fingerprint density at radius 3 is 2.43 bits per heavy atom. The fourth-order valence-electron chi connectivity index (χ4n) is 1.99. The second-order valence-corrected chi connectivity index (χ2v) is 5.22. The molecule has 0 radical (unpaired) electrons. The van der Waals surface area contributed by atoms with E-state index >= 15 is 0 Å². The molecule has 23 heavy (non-hydrogen) atoms. The Bertz CT molecular complexity index is 718. The number of hydrogen-bond donors (Lipinski definition) is 3. The first-order chi connectivity index (χ1) is 10.7. The molecule has 0 bridgehead atoms. The number of halogens is 1. The number of thiol groups is 1. The second kappa shape index (κ2) is 9.33. The van der Waals surface area contributed by atoms with Gasteiger partial charge < -0.3 is 14.8 Å². The highest BCUT2D eigenvalue weighted by Crippen LogP contribution is 2.33. The zero-order chi connectivity index (χ0) is 15.9. The van der Waals surface area contributed by atoms with Crippen LogP contribution in [0.25, 0.3) is 10.9 Å². The summed E-state index contributed by atoms with van der Waals surface area (Å²) in [5.74, 6) is 1.86. The molecule has 0 saturated heterocycles. The predicted molar refractivity (Wildman–Crippen MR) is 91.3 cm³/mol. The largest absolute Gasteiger partial charge is 0.493 e. The average Bonchev–Trinajstić information content (AvgIpc) is 2.53. The Morgan fingerprint density at radius 1 is 1.09 bits per heavy atom. The van der Waals surface area contributed by atoms with Crippen LogP contribution in [0.1, 0.15) is 6.42 Å². The minimum absolute atomic E-state index is 0. The Morgan fingerprint density at radius 2 is 1.78 bits per heavy atom. The summed E-state index contributed by atoms with van der Waals surface area (Å²) in [6.07, 6.45) is 2.10. The third kappa shape index (κ3) is 5.08. The van der Waals surface area contributed by atoms with Crippen LogP contribution in [0.3, 0.4) is 0 Å². The molecule has 128 valence electrons. The lowest BCUT2D eigenvalue weighted by Crippen LogP contribution is -2.16. The summed E-state index contributed by atoms with van der Waals surface area (Å²) in [6, 6.07) is 3.59. The SMILES string of the molecule is COc1cc2ncnc(NCCCN[SH](=O)=O)c2cc1OC.Cl. The van der Waals surface area contributed by atoms with E-state index in [4.69, 9.17) is 9.47 Å². The Balaban J connectivity index is 0.00000264. The van der Waals surface area contributed by atoms with Crippen LogP contribution in [0.5, 0.6) is 11.5 Å². The van der Waals surface area contributed by atoms with E-state index in [0.717, 1.165) is 10.9 Å². The molecule has 10 heteroatoms. The van der Waals surface area contributed by atoms with Gasteiger partial charge >= 0.3 is 0 Å². The number of hydrogen-bond acceptors (Lipinski definition) is 7. The first-order valence-electron chi connectivity index (χ1n) is 6.64. The summed E-state index contributed by atoms with van der Waals surface area (Å²) < 4.78 is 33.7. The zero-order valence-electron chi connectivity index (χ0n) is 12.7. The second-order valence-electron chi connectivity index (χ2n) is 4.39. The molecule has 0 saturated carbocycles. The Hall–Kier alpha value is -1.84. The highest BCUT2D eigenvalue weighted by atomic mass is 35.5. The van der Waals surface area contributed by atoms with Gasteiger partial charge in [0.15, 0.2) is 11.5 Å². The molecular weight excluding hydrogens is 344 g/mol. The summed E-state index contributed by atoms with van der Waals surface area (Å²) >= 11 is 0. The Kier molecular flexibility index (Phi) is 7.79. The molecule has 0 unspecified atom stereocenters. The molecular formula is C13H19ClN4O4S. The van der Waals surface area contributed by atoms with Crippen molar-refractivity contribution in [3.8, 4) is 11.5 Å². The van der Waals surface area contributed by atoms with Gasteiger partial charge in [0.05, 0.1) is 19.7 Å². The fraction of sp³-hybridized carbons (Fsp3) is 0.385. The molecule has 1 aromatic heterocycles. The van der Waals surface area contributed by atoms with E-state index in [1.54, 1.807) is 20.3 Å². The standard InChI is InChI=1S/C13H18N4O4S.ClH/c1-20-11-6-9-10(7-12(11)21-2)15-8-16-13(9)14-4-3-5-17-22(18)19;/h6-8,22H,3-5H2,1-2H3,(H,14,15,16)(H,17,18,19);1H. The van der Waals surface area contributed by atoms with Gasteiger partial charge in [-0.1, -0.05) is 0 Å². The number of fused-ring (bicyclic) bond motifs is 1. The van der Waals surface area contributed by atoms with E-state index in [0.29, 0.717) is 36.8 Å². The number of nitrogens with zero attached hydrogens (tertiary/aromatic N) is 2. The number of aromatic nitrogens is 2. The van der Waals surface area contributed by atoms with Crippen molar-refractivity contribution in [2.45, 2.75) is 6.42 Å². The van der Waals surface area contributed by atoms with Crippen molar-refractivity contribution >= 4 is 40.0 Å². The van der Waals surface area contributed by atoms with Gasteiger partial charge in [0.2, 0.25) is 10.9 Å². The molecule has 2 rings (SSSR count). The number of benzene rings is 1. The minimum atomic E-state index is -2.55. The van der Waals surface area contributed by atoms with Crippen LogP contribution in [-0.4, -0.2) is 45.7 Å². The average molecular weight is 363 g/mol. The lowest BCUT2D eigenvalue weighted by Gasteiger charge is -2.11. The van der Waals surface area contributed by atoms with Crippen LogP contribution in [-0.2, 0) is 10.9 Å². The molecule has 0 fully saturated rings.